The summed E-state index contributed by atoms with van der Waals surface area (Å²) in [6.07, 6.45) is 4.97. The molecular formula is C47H35N5O2Pt-2. The van der Waals surface area contributed by atoms with E-state index < -0.39 is 6.98 Å². The molecule has 0 bridgehead atoms. The number of nitrogens with zero attached hydrogens (tertiary/aromatic N) is 5. The van der Waals surface area contributed by atoms with Gasteiger partial charge in [0.25, 0.3) is 0 Å². The molecule has 0 radical (unpaired) electrons. The Balaban J connectivity index is 0.00000436. The largest absolute Gasteiger partial charge is 0.510 e. The van der Waals surface area contributed by atoms with Crippen molar-refractivity contribution in [2.45, 2.75) is 26.2 Å². The summed E-state index contributed by atoms with van der Waals surface area (Å²) in [5.74, 6) is 3.16. The molecule has 0 fully saturated rings. The van der Waals surface area contributed by atoms with E-state index in [-0.39, 0.29) is 26.5 Å². The first kappa shape index (κ1) is 31.2. The predicted molar refractivity (Wildman–Crippen MR) is 213 cm³/mol. The summed E-state index contributed by atoms with van der Waals surface area (Å²) in [5.41, 5.74) is 7.15. The number of hydrogen-bond donors (Lipinski definition) is 0. The number of aryl methyl sites for hydroxylation is 1. The fourth-order valence-corrected chi connectivity index (χ4v) is 7.32. The van der Waals surface area contributed by atoms with Crippen molar-refractivity contribution in [3.8, 4) is 34.5 Å². The average Bonchev–Trinajstić information content (AvgIpc) is 3.76. The molecule has 3 aromatic heterocycles. The number of pyridine rings is 1. The van der Waals surface area contributed by atoms with Crippen molar-refractivity contribution < 1.29 is 39.2 Å². The molecule has 0 N–H and O–H groups in total. The molecule has 0 amide bonds. The minimum Gasteiger partial charge on any atom is -0.510 e. The third kappa shape index (κ3) is 5.87. The van der Waals surface area contributed by atoms with Crippen LogP contribution in [0.4, 0.5) is 17.1 Å². The maximum atomic E-state index is 8.47. The van der Waals surface area contributed by atoms with E-state index in [2.05, 4.69) is 73.0 Å². The second-order valence-electron chi connectivity index (χ2n) is 14.4. The van der Waals surface area contributed by atoms with Gasteiger partial charge in [-0.05, 0) is 71.0 Å². The predicted octanol–water partition coefficient (Wildman–Crippen LogP) is 11.0. The van der Waals surface area contributed by atoms with E-state index in [0.717, 1.165) is 44.7 Å². The van der Waals surface area contributed by atoms with Crippen LogP contribution < -0.4 is 18.9 Å². The van der Waals surface area contributed by atoms with Crippen LogP contribution in [0.15, 0.2) is 140 Å². The Labute approximate surface area is 338 Å². The van der Waals surface area contributed by atoms with Gasteiger partial charge in [0.2, 0.25) is 6.33 Å². The van der Waals surface area contributed by atoms with Gasteiger partial charge in [-0.25, -0.2) is 4.98 Å². The van der Waals surface area contributed by atoms with E-state index in [1.165, 1.54) is 10.1 Å². The molecular weight excluding hydrogens is 862 g/mol. The smallest absolute Gasteiger partial charge is 0.242 e. The Hall–Kier alpha value is -6.17. The van der Waals surface area contributed by atoms with Crippen molar-refractivity contribution >= 4 is 49.9 Å². The van der Waals surface area contributed by atoms with E-state index in [4.69, 9.17) is 18.6 Å². The summed E-state index contributed by atoms with van der Waals surface area (Å²) in [4.78, 5) is 6.87. The van der Waals surface area contributed by atoms with Gasteiger partial charge in [0.15, 0.2) is 11.5 Å². The number of benzene rings is 6. The summed E-state index contributed by atoms with van der Waals surface area (Å²) < 4.78 is 43.1. The fourth-order valence-electron chi connectivity index (χ4n) is 7.32. The number of aromatic nitrogens is 4. The molecule has 6 aromatic carbocycles. The van der Waals surface area contributed by atoms with Gasteiger partial charge in [-0.2, -0.15) is 18.2 Å². The summed E-state index contributed by atoms with van der Waals surface area (Å²) in [6, 6.07) is 50.2. The Morgan fingerprint density at radius 2 is 1.47 bits per heavy atom. The third-order valence-electron chi connectivity index (χ3n) is 9.94. The number of hydrogen-bond acceptors (Lipinski definition) is 4. The van der Waals surface area contributed by atoms with Gasteiger partial charge in [-0.3, -0.25) is 0 Å². The zero-order chi connectivity index (χ0) is 39.1. The van der Waals surface area contributed by atoms with Crippen molar-refractivity contribution in [2.24, 2.45) is 6.98 Å². The number of imidazole rings is 1. The topological polar surface area (TPSA) is 48.3 Å². The molecule has 7 nitrogen and oxygen atoms in total. The van der Waals surface area contributed by atoms with Crippen LogP contribution in [0.5, 0.6) is 23.0 Å². The normalized spacial score (nSPS) is 13.4. The van der Waals surface area contributed by atoms with Crippen LogP contribution in [0.3, 0.4) is 0 Å². The van der Waals surface area contributed by atoms with E-state index in [0.29, 0.717) is 39.7 Å². The number of ether oxygens (including phenoxy) is 2. The molecule has 272 valence electrons. The molecule has 10 rings (SSSR count). The van der Waals surface area contributed by atoms with Crippen LogP contribution in [-0.2, 0) is 33.5 Å². The molecule has 55 heavy (non-hydrogen) atoms. The minimum atomic E-state index is -2.51. The first-order valence-electron chi connectivity index (χ1n) is 19.3. The van der Waals surface area contributed by atoms with Crippen molar-refractivity contribution in [1.82, 2.24) is 14.1 Å². The molecule has 0 unspecified atom stereocenters. The number of anilines is 3. The van der Waals surface area contributed by atoms with E-state index in [9.17, 15) is 0 Å². The van der Waals surface area contributed by atoms with Gasteiger partial charge >= 0.3 is 0 Å². The quantitative estimate of drug-likeness (QED) is 0.128. The van der Waals surface area contributed by atoms with Gasteiger partial charge < -0.3 is 28.1 Å². The molecule has 9 aromatic rings. The maximum Gasteiger partial charge on any atom is 0.242 e. The van der Waals surface area contributed by atoms with Crippen LogP contribution in [-0.4, -0.2) is 14.1 Å². The van der Waals surface area contributed by atoms with Crippen molar-refractivity contribution in [3.63, 3.8) is 0 Å². The van der Waals surface area contributed by atoms with Crippen LogP contribution in [0.25, 0.3) is 44.3 Å². The Bertz CT molecular complexity index is 2990. The second-order valence-corrected chi connectivity index (χ2v) is 14.4. The monoisotopic (exact) mass is 899 g/mol. The second kappa shape index (κ2) is 13.3. The average molecular weight is 900 g/mol. The number of para-hydroxylation sites is 5. The maximum absolute atomic E-state index is 8.47. The Morgan fingerprint density at radius 3 is 2.25 bits per heavy atom. The molecule has 8 heteroatoms. The van der Waals surface area contributed by atoms with Gasteiger partial charge in [0.1, 0.15) is 5.82 Å². The molecule has 1 aliphatic heterocycles. The molecule has 0 saturated carbocycles. The van der Waals surface area contributed by atoms with Crippen LogP contribution in [0.1, 0.15) is 30.4 Å². The zero-order valence-corrected chi connectivity index (χ0v) is 32.4. The van der Waals surface area contributed by atoms with E-state index in [1.54, 1.807) is 4.57 Å². The molecule has 1 aliphatic rings. The zero-order valence-electron chi connectivity index (χ0n) is 33.1. The van der Waals surface area contributed by atoms with Crippen molar-refractivity contribution in [2.75, 3.05) is 4.90 Å². The van der Waals surface area contributed by atoms with Crippen LogP contribution in [0, 0.1) is 18.5 Å². The SMILES string of the molecule is [2H]C([2H])([2H])[n+]1[c-]n(-c2[c-]c(Oc3[c-]c4c(cc3)c3ccccc3n4-c3cc(C(C)(C)C)ccn3)ccc2)c2ccc(N3c4ccccc4Oc4ccccc43)cc21.[Pt]. The van der Waals surface area contributed by atoms with Gasteiger partial charge in [-0.1, -0.05) is 80.5 Å². The summed E-state index contributed by atoms with van der Waals surface area (Å²) in [7, 11) is 0. The molecule has 4 heterocycles. The van der Waals surface area contributed by atoms with Gasteiger partial charge in [0, 0.05) is 50.0 Å². The molecule has 0 saturated heterocycles. The Morgan fingerprint density at radius 1 is 0.727 bits per heavy atom. The molecule has 0 spiro atoms. The first-order valence-corrected chi connectivity index (χ1v) is 17.8. The van der Waals surface area contributed by atoms with Gasteiger partial charge in [-0.15, -0.1) is 29.7 Å². The minimum absolute atomic E-state index is 0. The van der Waals surface area contributed by atoms with Gasteiger partial charge in [0.05, 0.1) is 33.5 Å². The molecule has 0 aliphatic carbocycles. The fraction of sp³-hybridized carbons (Fsp3) is 0.106. The summed E-state index contributed by atoms with van der Waals surface area (Å²) in [6.45, 7) is 4.07. The van der Waals surface area contributed by atoms with Crippen LogP contribution in [0.2, 0.25) is 0 Å². The first-order chi connectivity index (χ1) is 27.5. The standard InChI is InChI=1S/C47H35N5O2.Pt/c1-47(2,3)31-24-25-48-46(26-31)52-38-15-6-5-14-36(38)37-22-21-35(29-42(37)52)53-34-13-11-12-32(27-34)50-30-49(4)43-28-33(20-23-39(43)50)51-40-16-7-9-18-44(40)54-45-19-10-8-17-41(45)51;/h5-26,28H,1-4H3;/q-2;/i4D3;. The summed E-state index contributed by atoms with van der Waals surface area (Å²) in [5, 5.41) is 2.12. The Kier molecular flexibility index (Phi) is 7.54. The van der Waals surface area contributed by atoms with E-state index >= 15 is 0 Å². The summed E-state index contributed by atoms with van der Waals surface area (Å²) >= 11 is 0. The van der Waals surface area contributed by atoms with E-state index in [1.807, 2.05) is 115 Å². The number of fused-ring (bicyclic) bond motifs is 6. The third-order valence-corrected chi connectivity index (χ3v) is 9.94. The molecule has 0 atom stereocenters. The number of rotatable bonds is 5. The van der Waals surface area contributed by atoms with Crippen molar-refractivity contribution in [1.29, 1.82) is 0 Å². The van der Waals surface area contributed by atoms with Crippen LogP contribution >= 0.6 is 0 Å². The van der Waals surface area contributed by atoms with Crippen molar-refractivity contribution in [3.05, 3.63) is 164 Å².